The Morgan fingerprint density at radius 1 is 1.00 bits per heavy atom. The number of nitrogens with zero attached hydrogens (tertiary/aromatic N) is 1. The lowest BCUT2D eigenvalue weighted by Gasteiger charge is -2.19. The van der Waals surface area contributed by atoms with E-state index in [-0.39, 0.29) is 11.8 Å². The second-order valence-corrected chi connectivity index (χ2v) is 7.88. The Kier molecular flexibility index (Phi) is 9.04. The fraction of sp³-hybridized carbons (Fsp3) is 0.364. The topological polar surface area (TPSA) is 61.4 Å². The van der Waals surface area contributed by atoms with Gasteiger partial charge in [0.05, 0.1) is 0 Å². The standard InChI is InChI=1S/C22H29N3O2S/c1-25(2)16-19-12-8-7-11-18(19)15-23-22(27)20(13-14-28-3)24-21(26)17-9-5-4-6-10-17/h4-12,20H,13-16H2,1-3H3,(H,23,27)(H,24,26)/t20-/m1/s1. The average Bonchev–Trinajstić information content (AvgIpc) is 2.70. The fourth-order valence-corrected chi connectivity index (χ4v) is 3.34. The summed E-state index contributed by atoms with van der Waals surface area (Å²) < 4.78 is 0. The molecule has 0 aromatic heterocycles. The summed E-state index contributed by atoms with van der Waals surface area (Å²) >= 11 is 1.66. The number of nitrogens with one attached hydrogen (secondary N) is 2. The molecule has 0 aliphatic rings. The van der Waals surface area contributed by atoms with Crippen LogP contribution in [0.5, 0.6) is 0 Å². The van der Waals surface area contributed by atoms with Crippen LogP contribution < -0.4 is 10.6 Å². The van der Waals surface area contributed by atoms with E-state index in [1.807, 2.05) is 56.7 Å². The van der Waals surface area contributed by atoms with Gasteiger partial charge in [0.2, 0.25) is 5.91 Å². The van der Waals surface area contributed by atoms with Gasteiger partial charge in [-0.2, -0.15) is 11.8 Å². The highest BCUT2D eigenvalue weighted by molar-refractivity contribution is 7.98. The monoisotopic (exact) mass is 399 g/mol. The van der Waals surface area contributed by atoms with Gasteiger partial charge in [0.25, 0.3) is 5.91 Å². The molecule has 0 radical (unpaired) electrons. The van der Waals surface area contributed by atoms with Crippen molar-refractivity contribution in [1.82, 2.24) is 15.5 Å². The van der Waals surface area contributed by atoms with Crippen LogP contribution >= 0.6 is 11.8 Å². The summed E-state index contributed by atoms with van der Waals surface area (Å²) in [5.74, 6) is 0.414. The van der Waals surface area contributed by atoms with E-state index in [2.05, 4.69) is 21.6 Å². The molecule has 28 heavy (non-hydrogen) atoms. The van der Waals surface area contributed by atoms with E-state index in [9.17, 15) is 9.59 Å². The van der Waals surface area contributed by atoms with Gasteiger partial charge in [-0.05, 0) is 55.8 Å². The minimum atomic E-state index is -0.554. The highest BCUT2D eigenvalue weighted by atomic mass is 32.2. The average molecular weight is 400 g/mol. The predicted octanol–water partition coefficient (Wildman–Crippen LogP) is 2.92. The molecule has 2 aromatic rings. The van der Waals surface area contributed by atoms with E-state index >= 15 is 0 Å². The van der Waals surface area contributed by atoms with Crippen LogP contribution in [0.25, 0.3) is 0 Å². The summed E-state index contributed by atoms with van der Waals surface area (Å²) in [6.07, 6.45) is 2.58. The maximum atomic E-state index is 12.8. The zero-order valence-electron chi connectivity index (χ0n) is 16.8. The number of thioether (sulfide) groups is 1. The molecule has 0 unspecified atom stereocenters. The van der Waals surface area contributed by atoms with Crippen LogP contribution in [0, 0.1) is 0 Å². The van der Waals surface area contributed by atoms with Crippen LogP contribution in [0.3, 0.4) is 0 Å². The van der Waals surface area contributed by atoms with Crippen LogP contribution in [0.15, 0.2) is 54.6 Å². The van der Waals surface area contributed by atoms with Crippen molar-refractivity contribution in [2.45, 2.75) is 25.6 Å². The van der Waals surface area contributed by atoms with Crippen molar-refractivity contribution in [3.8, 4) is 0 Å². The number of carbonyl (C=O) groups excluding carboxylic acids is 2. The lowest BCUT2D eigenvalue weighted by atomic mass is 10.1. The molecule has 0 aliphatic heterocycles. The number of hydrogen-bond donors (Lipinski definition) is 2. The van der Waals surface area contributed by atoms with Gasteiger partial charge in [-0.3, -0.25) is 9.59 Å². The SMILES string of the molecule is CSCC[C@@H](NC(=O)c1ccccc1)C(=O)NCc1ccccc1CN(C)C. The van der Waals surface area contributed by atoms with Crippen molar-refractivity contribution < 1.29 is 9.59 Å². The predicted molar refractivity (Wildman–Crippen MR) is 116 cm³/mol. The van der Waals surface area contributed by atoms with E-state index in [1.165, 1.54) is 5.56 Å². The minimum Gasteiger partial charge on any atom is -0.350 e. The Morgan fingerprint density at radius 3 is 2.29 bits per heavy atom. The Morgan fingerprint density at radius 2 is 1.64 bits per heavy atom. The molecule has 0 saturated carbocycles. The Balaban J connectivity index is 2.02. The van der Waals surface area contributed by atoms with Crippen LogP contribution in [0.1, 0.15) is 27.9 Å². The molecule has 1 atom stereocenters. The number of benzene rings is 2. The third-order valence-electron chi connectivity index (χ3n) is 4.33. The zero-order valence-corrected chi connectivity index (χ0v) is 17.6. The van der Waals surface area contributed by atoms with Crippen molar-refractivity contribution in [1.29, 1.82) is 0 Å². The summed E-state index contributed by atoms with van der Waals surface area (Å²) in [5, 5.41) is 5.88. The first-order valence-electron chi connectivity index (χ1n) is 9.35. The van der Waals surface area contributed by atoms with Gasteiger partial charge >= 0.3 is 0 Å². The highest BCUT2D eigenvalue weighted by Crippen LogP contribution is 2.11. The molecule has 2 N–H and O–H groups in total. The molecule has 0 spiro atoms. The maximum absolute atomic E-state index is 12.8. The van der Waals surface area contributed by atoms with Crippen LogP contribution in [-0.4, -0.2) is 48.9 Å². The molecule has 0 fully saturated rings. The highest BCUT2D eigenvalue weighted by Gasteiger charge is 2.21. The van der Waals surface area contributed by atoms with Crippen molar-refractivity contribution in [2.24, 2.45) is 0 Å². The summed E-state index contributed by atoms with van der Waals surface area (Å²) in [6.45, 7) is 1.26. The fourth-order valence-electron chi connectivity index (χ4n) is 2.87. The summed E-state index contributed by atoms with van der Waals surface area (Å²) in [4.78, 5) is 27.3. The third-order valence-corrected chi connectivity index (χ3v) is 4.97. The van der Waals surface area contributed by atoms with Gasteiger partial charge < -0.3 is 15.5 Å². The van der Waals surface area contributed by atoms with Gasteiger partial charge in [0, 0.05) is 18.7 Å². The molecule has 2 aromatic carbocycles. The van der Waals surface area contributed by atoms with E-state index in [0.29, 0.717) is 18.5 Å². The normalized spacial score (nSPS) is 11.9. The van der Waals surface area contributed by atoms with Crippen LogP contribution in [0.4, 0.5) is 0 Å². The van der Waals surface area contributed by atoms with E-state index in [1.54, 1.807) is 23.9 Å². The molecule has 150 valence electrons. The van der Waals surface area contributed by atoms with Gasteiger partial charge in [-0.15, -0.1) is 0 Å². The van der Waals surface area contributed by atoms with Gasteiger partial charge in [0.1, 0.15) is 6.04 Å². The van der Waals surface area contributed by atoms with Crippen molar-refractivity contribution in [2.75, 3.05) is 26.1 Å². The van der Waals surface area contributed by atoms with E-state index in [0.717, 1.165) is 17.9 Å². The van der Waals surface area contributed by atoms with Gasteiger partial charge in [0.15, 0.2) is 0 Å². The first-order chi connectivity index (χ1) is 13.5. The quantitative estimate of drug-likeness (QED) is 0.645. The number of carbonyl (C=O) groups is 2. The molecular formula is C22H29N3O2S. The summed E-state index contributed by atoms with van der Waals surface area (Å²) in [6, 6.07) is 16.5. The number of hydrogen-bond acceptors (Lipinski definition) is 4. The molecular weight excluding hydrogens is 370 g/mol. The Bertz CT molecular complexity index is 765. The van der Waals surface area contributed by atoms with Gasteiger partial charge in [-0.1, -0.05) is 42.5 Å². The van der Waals surface area contributed by atoms with E-state index in [4.69, 9.17) is 0 Å². The van der Waals surface area contributed by atoms with Gasteiger partial charge in [-0.25, -0.2) is 0 Å². The molecule has 0 bridgehead atoms. The lowest BCUT2D eigenvalue weighted by molar-refractivity contribution is -0.123. The maximum Gasteiger partial charge on any atom is 0.251 e. The Labute approximate surface area is 171 Å². The molecule has 2 amide bonds. The van der Waals surface area contributed by atoms with Crippen LogP contribution in [0.2, 0.25) is 0 Å². The molecule has 0 aliphatic carbocycles. The smallest absolute Gasteiger partial charge is 0.251 e. The van der Waals surface area contributed by atoms with Crippen molar-refractivity contribution in [3.05, 3.63) is 71.3 Å². The molecule has 0 saturated heterocycles. The zero-order chi connectivity index (χ0) is 20.4. The third kappa shape index (κ3) is 7.02. The first-order valence-corrected chi connectivity index (χ1v) is 10.7. The molecule has 6 heteroatoms. The van der Waals surface area contributed by atoms with Crippen LogP contribution in [-0.2, 0) is 17.9 Å². The summed E-state index contributed by atoms with van der Waals surface area (Å²) in [7, 11) is 4.04. The second-order valence-electron chi connectivity index (χ2n) is 6.90. The first kappa shape index (κ1) is 22.0. The second kappa shape index (κ2) is 11.5. The number of rotatable bonds is 10. The van der Waals surface area contributed by atoms with Crippen molar-refractivity contribution in [3.63, 3.8) is 0 Å². The number of amides is 2. The molecule has 5 nitrogen and oxygen atoms in total. The molecule has 2 rings (SSSR count). The summed E-state index contributed by atoms with van der Waals surface area (Å²) in [5.41, 5.74) is 2.82. The molecule has 0 heterocycles. The lowest BCUT2D eigenvalue weighted by Crippen LogP contribution is -2.47. The largest absolute Gasteiger partial charge is 0.350 e. The Hall–Kier alpha value is -2.31. The van der Waals surface area contributed by atoms with Crippen molar-refractivity contribution >= 4 is 23.6 Å². The van der Waals surface area contributed by atoms with E-state index < -0.39 is 6.04 Å². The minimum absolute atomic E-state index is 0.155.